The van der Waals surface area contributed by atoms with Gasteiger partial charge in [-0.1, -0.05) is 0 Å². The van der Waals surface area contributed by atoms with E-state index in [4.69, 9.17) is 11.6 Å². The lowest BCUT2D eigenvalue weighted by Crippen LogP contribution is -1.91. The van der Waals surface area contributed by atoms with Gasteiger partial charge >= 0.3 is 0 Å². The van der Waals surface area contributed by atoms with Crippen molar-refractivity contribution in [3.8, 4) is 0 Å². The first-order chi connectivity index (χ1) is 3.43. The van der Waals surface area contributed by atoms with E-state index >= 15 is 0 Å². The molecule has 0 saturated heterocycles. The monoisotopic (exact) mass is 114 g/mol. The molecule has 0 atom stereocenters. The summed E-state index contributed by atoms with van der Waals surface area (Å²) in [7, 11) is 0. The molecule has 1 heterocycles. The summed E-state index contributed by atoms with van der Waals surface area (Å²) in [6.45, 7) is 0. The van der Waals surface area contributed by atoms with Crippen molar-refractivity contribution < 1.29 is 0 Å². The van der Waals surface area contributed by atoms with Crippen molar-refractivity contribution in [1.29, 1.82) is 0 Å². The van der Waals surface area contributed by atoms with Gasteiger partial charge in [-0.05, 0) is 12.2 Å². The van der Waals surface area contributed by atoms with E-state index in [1.165, 1.54) is 0 Å². The Labute approximate surface area is 47.7 Å². The molecular weight excluding hydrogens is 110 g/mol. The topological polar surface area (TPSA) is 14.1 Å². The Morgan fingerprint density at radius 1 is 1.71 bits per heavy atom. The van der Waals surface area contributed by atoms with Crippen LogP contribution in [0.2, 0.25) is 0 Å². The fourth-order valence-electron chi connectivity index (χ4n) is 0.415. The molecule has 0 unspecified atom stereocenters. The van der Waals surface area contributed by atoms with E-state index in [9.17, 15) is 0 Å². The Kier molecular flexibility index (Phi) is 1.37. The van der Waals surface area contributed by atoms with E-state index in [0.29, 0.717) is 5.88 Å². The fourth-order valence-corrected chi connectivity index (χ4v) is 0.573. The van der Waals surface area contributed by atoms with Crippen LogP contribution >= 0.6 is 11.6 Å². The second kappa shape index (κ2) is 2.03. The molecule has 0 aromatic rings. The highest BCUT2D eigenvalue weighted by atomic mass is 35.5. The van der Waals surface area contributed by atoms with Gasteiger partial charge in [0.05, 0.1) is 11.6 Å². The molecule has 7 heavy (non-hydrogen) atoms. The maximum atomic E-state index is 5.41. The molecule has 0 aromatic carbocycles. The quantitative estimate of drug-likeness (QED) is 0.456. The zero-order valence-electron chi connectivity index (χ0n) is 3.76. The summed E-state index contributed by atoms with van der Waals surface area (Å²) in [5, 5.41) is 3.90. The Morgan fingerprint density at radius 2 is 2.57 bits per heavy atom. The van der Waals surface area contributed by atoms with Crippen molar-refractivity contribution in [3.05, 3.63) is 24.0 Å². The van der Waals surface area contributed by atoms with Gasteiger partial charge in [-0.2, -0.15) is 0 Å². The molecule has 0 spiro atoms. The molecule has 1 aliphatic rings. The molecule has 0 aromatic heterocycles. The first-order valence-corrected chi connectivity index (χ1v) is 2.59. The Bertz CT molecular complexity index is 115. The number of allylic oxidation sites excluding steroid dienone is 3. The van der Waals surface area contributed by atoms with Gasteiger partial charge in [0.15, 0.2) is 0 Å². The third-order valence-corrected chi connectivity index (χ3v) is 1.03. The highest BCUT2D eigenvalue weighted by molar-refractivity contribution is 6.19. The molecule has 0 N–H and O–H groups in total. The average molecular weight is 115 g/mol. The normalized spacial score (nSPS) is 16.4. The van der Waals surface area contributed by atoms with Gasteiger partial charge in [0, 0.05) is 6.20 Å². The summed E-state index contributed by atoms with van der Waals surface area (Å²) >= 11 is 5.41. The molecule has 1 rings (SSSR count). The molecule has 1 nitrogen and oxygen atoms in total. The zero-order chi connectivity index (χ0) is 5.11. The fraction of sp³-hybridized carbons (Fsp3) is 0.200. The third kappa shape index (κ3) is 0.967. The minimum absolute atomic E-state index is 0.521. The standard InChI is InChI=1S/C5H5ClN/c6-4-5-2-1-3-7-5/h1-3H,4H2. The summed E-state index contributed by atoms with van der Waals surface area (Å²) in [5.41, 5.74) is 0.946. The van der Waals surface area contributed by atoms with Gasteiger partial charge in [0.1, 0.15) is 0 Å². The van der Waals surface area contributed by atoms with Gasteiger partial charge in [-0.15, -0.1) is 11.6 Å². The lowest BCUT2D eigenvalue weighted by atomic mass is 10.5. The lowest BCUT2D eigenvalue weighted by molar-refractivity contribution is 1.07. The number of alkyl halides is 1. The van der Waals surface area contributed by atoms with Gasteiger partial charge in [-0.25, -0.2) is 0 Å². The predicted molar refractivity (Wildman–Crippen MR) is 30.1 cm³/mol. The van der Waals surface area contributed by atoms with Gasteiger partial charge in [0.2, 0.25) is 0 Å². The molecule has 0 bridgehead atoms. The first-order valence-electron chi connectivity index (χ1n) is 2.06. The molecule has 2 heteroatoms. The molecule has 0 amide bonds. The van der Waals surface area contributed by atoms with Crippen molar-refractivity contribution in [2.45, 2.75) is 0 Å². The van der Waals surface area contributed by atoms with Crippen LogP contribution in [0.25, 0.3) is 0 Å². The summed E-state index contributed by atoms with van der Waals surface area (Å²) < 4.78 is 0. The zero-order valence-corrected chi connectivity index (χ0v) is 4.52. The van der Waals surface area contributed by atoms with Crippen LogP contribution in [0.3, 0.4) is 0 Å². The molecule has 0 saturated carbocycles. The molecule has 1 radical (unpaired) electrons. The summed E-state index contributed by atoms with van der Waals surface area (Å²) in [6.07, 6.45) is 5.50. The Hall–Kier alpha value is -0.430. The largest absolute Gasteiger partial charge is 0.260 e. The highest BCUT2D eigenvalue weighted by Gasteiger charge is 1.94. The molecule has 0 fully saturated rings. The van der Waals surface area contributed by atoms with Crippen molar-refractivity contribution in [2.24, 2.45) is 0 Å². The van der Waals surface area contributed by atoms with Crippen molar-refractivity contribution in [1.82, 2.24) is 5.32 Å². The maximum absolute atomic E-state index is 5.41. The van der Waals surface area contributed by atoms with E-state index in [1.54, 1.807) is 6.20 Å². The summed E-state index contributed by atoms with van der Waals surface area (Å²) in [6, 6.07) is 0. The van der Waals surface area contributed by atoms with Crippen LogP contribution in [0.5, 0.6) is 0 Å². The number of halogens is 1. The van der Waals surface area contributed by atoms with Crippen LogP contribution in [0.15, 0.2) is 24.0 Å². The van der Waals surface area contributed by atoms with Crippen LogP contribution in [-0.4, -0.2) is 5.88 Å². The minimum Gasteiger partial charge on any atom is -0.260 e. The predicted octanol–water partition coefficient (Wildman–Crippen LogP) is 1.24. The molecular formula is C5H5ClN. The second-order valence-electron chi connectivity index (χ2n) is 1.26. The van der Waals surface area contributed by atoms with Crippen LogP contribution in [0.4, 0.5) is 0 Å². The van der Waals surface area contributed by atoms with Gasteiger partial charge in [0.25, 0.3) is 0 Å². The Balaban J connectivity index is 2.45. The Morgan fingerprint density at radius 3 is 2.86 bits per heavy atom. The van der Waals surface area contributed by atoms with E-state index < -0.39 is 0 Å². The number of hydrogen-bond acceptors (Lipinski definition) is 0. The van der Waals surface area contributed by atoms with Crippen molar-refractivity contribution in [3.63, 3.8) is 0 Å². The van der Waals surface area contributed by atoms with Gasteiger partial charge in [-0.3, -0.25) is 5.32 Å². The SMILES string of the molecule is ClCC1=CC=C[N]1. The smallest absolute Gasteiger partial charge is 0.0647 e. The van der Waals surface area contributed by atoms with E-state index in [2.05, 4.69) is 5.32 Å². The van der Waals surface area contributed by atoms with Gasteiger partial charge < -0.3 is 0 Å². The highest BCUT2D eigenvalue weighted by Crippen LogP contribution is 2.00. The van der Waals surface area contributed by atoms with Crippen LogP contribution in [0, 0.1) is 0 Å². The molecule has 0 aliphatic carbocycles. The minimum atomic E-state index is 0.521. The number of nitrogens with zero attached hydrogens (tertiary/aromatic N) is 1. The average Bonchev–Trinajstić information content (AvgIpc) is 2.14. The van der Waals surface area contributed by atoms with Crippen LogP contribution in [-0.2, 0) is 0 Å². The first kappa shape index (κ1) is 4.72. The molecule has 1 aliphatic heterocycles. The lowest BCUT2D eigenvalue weighted by Gasteiger charge is -1.87. The molecule has 37 valence electrons. The number of rotatable bonds is 1. The van der Waals surface area contributed by atoms with Crippen LogP contribution in [0.1, 0.15) is 0 Å². The van der Waals surface area contributed by atoms with E-state index in [-0.39, 0.29) is 0 Å². The maximum Gasteiger partial charge on any atom is 0.0647 e. The van der Waals surface area contributed by atoms with Crippen LogP contribution < -0.4 is 5.32 Å². The second-order valence-corrected chi connectivity index (χ2v) is 1.53. The summed E-state index contributed by atoms with van der Waals surface area (Å²) in [4.78, 5) is 0. The van der Waals surface area contributed by atoms with E-state index in [0.717, 1.165) is 5.70 Å². The summed E-state index contributed by atoms with van der Waals surface area (Å²) in [5.74, 6) is 0.521. The third-order valence-electron chi connectivity index (χ3n) is 0.752. The van der Waals surface area contributed by atoms with Crippen molar-refractivity contribution in [2.75, 3.05) is 5.88 Å². The van der Waals surface area contributed by atoms with Crippen molar-refractivity contribution >= 4 is 11.6 Å². The number of hydrogen-bond donors (Lipinski definition) is 0. The van der Waals surface area contributed by atoms with E-state index in [1.807, 2.05) is 12.2 Å².